The summed E-state index contributed by atoms with van der Waals surface area (Å²) in [4.78, 5) is 11.2. The highest BCUT2D eigenvalue weighted by molar-refractivity contribution is 6.30. The van der Waals surface area contributed by atoms with Crippen molar-refractivity contribution in [3.8, 4) is 11.3 Å². The number of carboxylic acids is 1. The number of hydrogen-bond donors (Lipinski definition) is 1. The average Bonchev–Trinajstić information content (AvgIpc) is 3.08. The van der Waals surface area contributed by atoms with Gasteiger partial charge in [0.25, 0.3) is 0 Å². The average molecular weight is 278 g/mol. The van der Waals surface area contributed by atoms with E-state index in [4.69, 9.17) is 11.6 Å². The molecule has 1 fully saturated rings. The molecule has 1 aliphatic rings. The molecule has 3 rings (SSSR count). The Morgan fingerprint density at radius 1 is 1.37 bits per heavy atom. The number of carbonyl (C=O) groups is 1. The number of aromatic nitrogens is 3. The molecule has 1 aromatic carbocycles. The predicted octanol–water partition coefficient (Wildman–Crippen LogP) is 2.71. The van der Waals surface area contributed by atoms with Crippen LogP contribution in [0.2, 0.25) is 5.02 Å². The molecule has 5 nitrogen and oxygen atoms in total. The summed E-state index contributed by atoms with van der Waals surface area (Å²) in [7, 11) is 0. The van der Waals surface area contributed by atoms with Gasteiger partial charge in [-0.1, -0.05) is 28.9 Å². The molecule has 0 amide bonds. The number of carboxylic acid groups (broad SMARTS) is 1. The molecule has 2 aromatic rings. The van der Waals surface area contributed by atoms with Crippen molar-refractivity contribution >= 4 is 17.6 Å². The van der Waals surface area contributed by atoms with Crippen molar-refractivity contribution in [1.82, 2.24) is 15.0 Å². The van der Waals surface area contributed by atoms with Crippen molar-refractivity contribution in [3.05, 3.63) is 35.0 Å². The standard InChI is InChI=1S/C13H12ClN3O2/c14-10-5-3-9(4-6-10)12-11(13(18)19)15-16-17(12)7-8-1-2-8/h3-6,8H,1-2,7H2,(H,18,19). The third-order valence-corrected chi connectivity index (χ3v) is 3.44. The van der Waals surface area contributed by atoms with E-state index in [0.29, 0.717) is 16.6 Å². The Kier molecular flexibility index (Phi) is 2.98. The molecule has 1 aliphatic carbocycles. The summed E-state index contributed by atoms with van der Waals surface area (Å²) < 4.78 is 1.68. The summed E-state index contributed by atoms with van der Waals surface area (Å²) in [5.74, 6) is -0.471. The van der Waals surface area contributed by atoms with E-state index in [1.54, 1.807) is 28.9 Å². The molecule has 1 heterocycles. The van der Waals surface area contributed by atoms with E-state index < -0.39 is 5.97 Å². The highest BCUT2D eigenvalue weighted by Gasteiger charge is 2.26. The molecular weight excluding hydrogens is 266 g/mol. The van der Waals surface area contributed by atoms with Gasteiger partial charge in [-0.25, -0.2) is 9.48 Å². The lowest BCUT2D eigenvalue weighted by atomic mass is 10.1. The Hall–Kier alpha value is -1.88. The summed E-state index contributed by atoms with van der Waals surface area (Å²) in [6.45, 7) is 0.720. The molecule has 0 radical (unpaired) electrons. The molecule has 6 heteroatoms. The largest absolute Gasteiger partial charge is 0.476 e. The summed E-state index contributed by atoms with van der Waals surface area (Å²) in [5.41, 5.74) is 1.31. The Morgan fingerprint density at radius 3 is 2.63 bits per heavy atom. The Bertz CT molecular complexity index is 617. The fourth-order valence-corrected chi connectivity index (χ4v) is 2.15. The first-order chi connectivity index (χ1) is 9.15. The van der Waals surface area contributed by atoms with Crippen LogP contribution in [0.25, 0.3) is 11.3 Å². The number of nitrogens with zero attached hydrogens (tertiary/aromatic N) is 3. The lowest BCUT2D eigenvalue weighted by molar-refractivity contribution is 0.0691. The Balaban J connectivity index is 2.06. The molecule has 0 aliphatic heterocycles. The quantitative estimate of drug-likeness (QED) is 0.933. The van der Waals surface area contributed by atoms with Gasteiger partial charge in [-0.15, -0.1) is 5.10 Å². The van der Waals surface area contributed by atoms with Crippen molar-refractivity contribution < 1.29 is 9.90 Å². The summed E-state index contributed by atoms with van der Waals surface area (Å²) in [5, 5.41) is 17.6. The van der Waals surface area contributed by atoms with E-state index in [0.717, 1.165) is 12.1 Å². The van der Waals surface area contributed by atoms with Crippen LogP contribution in [0.15, 0.2) is 24.3 Å². The molecule has 98 valence electrons. The van der Waals surface area contributed by atoms with Gasteiger partial charge in [0.2, 0.25) is 0 Å². The highest BCUT2D eigenvalue weighted by atomic mass is 35.5. The van der Waals surface area contributed by atoms with Crippen LogP contribution in [0.3, 0.4) is 0 Å². The van der Waals surface area contributed by atoms with Crippen LogP contribution in [-0.2, 0) is 6.54 Å². The van der Waals surface area contributed by atoms with E-state index in [2.05, 4.69) is 10.3 Å². The van der Waals surface area contributed by atoms with Crippen LogP contribution < -0.4 is 0 Å². The topological polar surface area (TPSA) is 68.0 Å². The van der Waals surface area contributed by atoms with E-state index in [-0.39, 0.29) is 5.69 Å². The van der Waals surface area contributed by atoms with Crippen LogP contribution in [0.5, 0.6) is 0 Å². The number of aromatic carboxylic acids is 1. The SMILES string of the molecule is O=C(O)c1nnn(CC2CC2)c1-c1ccc(Cl)cc1. The predicted molar refractivity (Wildman–Crippen MR) is 70.2 cm³/mol. The minimum absolute atomic E-state index is 0.0111. The Labute approximate surface area is 114 Å². The first-order valence-electron chi connectivity index (χ1n) is 6.08. The van der Waals surface area contributed by atoms with Gasteiger partial charge < -0.3 is 5.11 Å². The third kappa shape index (κ3) is 2.46. The summed E-state index contributed by atoms with van der Waals surface area (Å²) in [6.07, 6.45) is 2.34. The van der Waals surface area contributed by atoms with E-state index in [1.807, 2.05) is 0 Å². The zero-order valence-corrected chi connectivity index (χ0v) is 10.8. The lowest BCUT2D eigenvalue weighted by Gasteiger charge is -2.06. The van der Waals surface area contributed by atoms with Gasteiger partial charge in [-0.2, -0.15) is 0 Å². The van der Waals surface area contributed by atoms with Crippen molar-refractivity contribution in [2.24, 2.45) is 5.92 Å². The molecule has 1 aromatic heterocycles. The molecule has 1 N–H and O–H groups in total. The highest BCUT2D eigenvalue weighted by Crippen LogP contribution is 2.33. The minimum Gasteiger partial charge on any atom is -0.476 e. The molecular formula is C13H12ClN3O2. The van der Waals surface area contributed by atoms with Gasteiger partial charge >= 0.3 is 5.97 Å². The van der Waals surface area contributed by atoms with Crippen LogP contribution >= 0.6 is 11.6 Å². The Morgan fingerprint density at radius 2 is 2.05 bits per heavy atom. The van der Waals surface area contributed by atoms with Crippen molar-refractivity contribution in [2.75, 3.05) is 0 Å². The van der Waals surface area contributed by atoms with Gasteiger partial charge in [0.15, 0.2) is 5.69 Å². The third-order valence-electron chi connectivity index (χ3n) is 3.18. The second kappa shape index (κ2) is 4.66. The maximum Gasteiger partial charge on any atom is 0.358 e. The number of rotatable bonds is 4. The molecule has 0 bridgehead atoms. The molecule has 1 saturated carbocycles. The molecule has 0 atom stereocenters. The molecule has 0 saturated heterocycles. The van der Waals surface area contributed by atoms with Crippen LogP contribution in [0.1, 0.15) is 23.3 Å². The first-order valence-corrected chi connectivity index (χ1v) is 6.45. The van der Waals surface area contributed by atoms with Gasteiger partial charge in [-0.3, -0.25) is 0 Å². The maximum absolute atomic E-state index is 11.2. The van der Waals surface area contributed by atoms with E-state index in [9.17, 15) is 9.90 Å². The normalized spacial score (nSPS) is 14.6. The van der Waals surface area contributed by atoms with Gasteiger partial charge in [0, 0.05) is 17.1 Å². The summed E-state index contributed by atoms with van der Waals surface area (Å²) >= 11 is 5.86. The molecule has 19 heavy (non-hydrogen) atoms. The van der Waals surface area contributed by atoms with Gasteiger partial charge in [0.05, 0.1) is 0 Å². The smallest absolute Gasteiger partial charge is 0.358 e. The fourth-order valence-electron chi connectivity index (χ4n) is 2.02. The minimum atomic E-state index is -1.06. The lowest BCUT2D eigenvalue weighted by Crippen LogP contribution is -2.06. The van der Waals surface area contributed by atoms with Crippen molar-refractivity contribution in [2.45, 2.75) is 19.4 Å². The number of halogens is 1. The monoisotopic (exact) mass is 277 g/mol. The van der Waals surface area contributed by atoms with Crippen molar-refractivity contribution in [1.29, 1.82) is 0 Å². The van der Waals surface area contributed by atoms with Crippen LogP contribution in [0.4, 0.5) is 0 Å². The van der Waals surface area contributed by atoms with Crippen LogP contribution in [0, 0.1) is 5.92 Å². The maximum atomic E-state index is 11.2. The molecule has 0 spiro atoms. The van der Waals surface area contributed by atoms with Gasteiger partial charge in [0.1, 0.15) is 5.69 Å². The number of hydrogen-bond acceptors (Lipinski definition) is 3. The first kappa shape index (κ1) is 12.2. The van der Waals surface area contributed by atoms with E-state index >= 15 is 0 Å². The zero-order valence-electron chi connectivity index (χ0n) is 10.1. The van der Waals surface area contributed by atoms with Crippen molar-refractivity contribution in [3.63, 3.8) is 0 Å². The van der Waals surface area contributed by atoms with Crippen LogP contribution in [-0.4, -0.2) is 26.1 Å². The number of benzene rings is 1. The molecule has 0 unspecified atom stereocenters. The zero-order chi connectivity index (χ0) is 13.4. The second-order valence-corrected chi connectivity index (χ2v) is 5.16. The van der Waals surface area contributed by atoms with E-state index in [1.165, 1.54) is 12.8 Å². The fraction of sp³-hybridized carbons (Fsp3) is 0.308. The summed E-state index contributed by atoms with van der Waals surface area (Å²) in [6, 6.07) is 7.04. The second-order valence-electron chi connectivity index (χ2n) is 4.72. The van der Waals surface area contributed by atoms with Gasteiger partial charge in [-0.05, 0) is 30.9 Å².